The standard InChI is InChI=1S/C13H12BrN3O/c1-9(10-5-2-3-6-11(10)14)16-17-13(18)12-7-4-8-15-12/h2-8,15H,1H3,(H,17,18)/b16-9-. The van der Waals surface area contributed by atoms with Gasteiger partial charge in [0.05, 0.1) is 5.71 Å². The van der Waals surface area contributed by atoms with Crippen molar-refractivity contribution in [2.45, 2.75) is 6.92 Å². The van der Waals surface area contributed by atoms with Crippen molar-refractivity contribution in [2.75, 3.05) is 0 Å². The van der Waals surface area contributed by atoms with E-state index >= 15 is 0 Å². The highest BCUT2D eigenvalue weighted by Crippen LogP contribution is 2.16. The highest BCUT2D eigenvalue weighted by Gasteiger charge is 2.06. The van der Waals surface area contributed by atoms with Gasteiger partial charge < -0.3 is 4.98 Å². The lowest BCUT2D eigenvalue weighted by molar-refractivity contribution is 0.0950. The second-order valence-electron chi connectivity index (χ2n) is 3.70. The first-order valence-electron chi connectivity index (χ1n) is 5.41. The van der Waals surface area contributed by atoms with E-state index < -0.39 is 0 Å². The molecule has 0 fully saturated rings. The van der Waals surface area contributed by atoms with Crippen molar-refractivity contribution in [3.05, 3.63) is 58.3 Å². The van der Waals surface area contributed by atoms with E-state index in [0.717, 1.165) is 15.7 Å². The number of halogens is 1. The molecule has 0 radical (unpaired) electrons. The molecular weight excluding hydrogens is 294 g/mol. The number of H-pyrrole nitrogens is 1. The average molecular weight is 306 g/mol. The van der Waals surface area contributed by atoms with Gasteiger partial charge in [0.2, 0.25) is 0 Å². The molecule has 2 aromatic rings. The molecule has 2 N–H and O–H groups in total. The summed E-state index contributed by atoms with van der Waals surface area (Å²) < 4.78 is 0.945. The van der Waals surface area contributed by atoms with Crippen LogP contribution in [0.15, 0.2) is 52.2 Å². The molecular formula is C13H12BrN3O. The summed E-state index contributed by atoms with van der Waals surface area (Å²) in [6.45, 7) is 1.84. The lowest BCUT2D eigenvalue weighted by Gasteiger charge is -2.04. The first-order valence-corrected chi connectivity index (χ1v) is 6.20. The molecule has 18 heavy (non-hydrogen) atoms. The molecule has 4 nitrogen and oxygen atoms in total. The Hall–Kier alpha value is -1.88. The SMILES string of the molecule is C/C(=N/NC(=O)c1ccc[nH]1)c1ccccc1Br. The Morgan fingerprint density at radius 3 is 2.72 bits per heavy atom. The first kappa shape index (κ1) is 12.6. The van der Waals surface area contributed by atoms with Gasteiger partial charge in [-0.15, -0.1) is 0 Å². The molecule has 0 atom stereocenters. The van der Waals surface area contributed by atoms with E-state index in [9.17, 15) is 4.79 Å². The average Bonchev–Trinajstić information content (AvgIpc) is 2.90. The first-order chi connectivity index (χ1) is 8.68. The Kier molecular flexibility index (Phi) is 3.94. The molecule has 92 valence electrons. The van der Waals surface area contributed by atoms with Crippen LogP contribution < -0.4 is 5.43 Å². The topological polar surface area (TPSA) is 57.2 Å². The van der Waals surface area contributed by atoms with Crippen molar-refractivity contribution in [1.82, 2.24) is 10.4 Å². The summed E-state index contributed by atoms with van der Waals surface area (Å²) in [5.41, 5.74) is 4.68. The number of benzene rings is 1. The Morgan fingerprint density at radius 1 is 1.28 bits per heavy atom. The van der Waals surface area contributed by atoms with Crippen molar-refractivity contribution in [3.8, 4) is 0 Å². The molecule has 1 aromatic carbocycles. The molecule has 0 saturated carbocycles. The Bertz CT molecular complexity index is 576. The predicted octanol–water partition coefficient (Wildman–Crippen LogP) is 2.93. The minimum atomic E-state index is -0.258. The number of nitrogens with zero attached hydrogens (tertiary/aromatic N) is 1. The molecule has 5 heteroatoms. The Morgan fingerprint density at radius 2 is 2.06 bits per heavy atom. The number of hydrogen-bond donors (Lipinski definition) is 2. The highest BCUT2D eigenvalue weighted by molar-refractivity contribution is 9.10. The molecule has 0 spiro atoms. The van der Waals surface area contributed by atoms with Gasteiger partial charge in [0.1, 0.15) is 5.69 Å². The normalized spacial score (nSPS) is 11.3. The van der Waals surface area contributed by atoms with E-state index in [1.807, 2.05) is 31.2 Å². The summed E-state index contributed by atoms with van der Waals surface area (Å²) >= 11 is 3.44. The number of nitrogens with one attached hydrogen (secondary N) is 2. The zero-order valence-electron chi connectivity index (χ0n) is 9.77. The van der Waals surface area contributed by atoms with Crippen LogP contribution in [0.4, 0.5) is 0 Å². The third-order valence-electron chi connectivity index (χ3n) is 2.43. The maximum atomic E-state index is 11.7. The fourth-order valence-corrected chi connectivity index (χ4v) is 2.05. The van der Waals surface area contributed by atoms with Gasteiger partial charge in [0, 0.05) is 16.2 Å². The fraction of sp³-hybridized carbons (Fsp3) is 0.0769. The molecule has 2 rings (SSSR count). The third-order valence-corrected chi connectivity index (χ3v) is 3.12. The second-order valence-corrected chi connectivity index (χ2v) is 4.56. The van der Waals surface area contributed by atoms with Crippen LogP contribution in [0.25, 0.3) is 0 Å². The van der Waals surface area contributed by atoms with E-state index in [0.29, 0.717) is 5.69 Å². The summed E-state index contributed by atoms with van der Waals surface area (Å²) in [7, 11) is 0. The summed E-state index contributed by atoms with van der Waals surface area (Å²) in [6, 6.07) is 11.2. The lowest BCUT2D eigenvalue weighted by Crippen LogP contribution is -2.19. The maximum absolute atomic E-state index is 11.7. The monoisotopic (exact) mass is 305 g/mol. The quantitative estimate of drug-likeness (QED) is 0.665. The van der Waals surface area contributed by atoms with Gasteiger partial charge in [0.25, 0.3) is 5.91 Å². The van der Waals surface area contributed by atoms with Gasteiger partial charge in [-0.1, -0.05) is 34.1 Å². The molecule has 0 bridgehead atoms. The van der Waals surface area contributed by atoms with Crippen molar-refractivity contribution in [3.63, 3.8) is 0 Å². The predicted molar refractivity (Wildman–Crippen MR) is 74.6 cm³/mol. The van der Waals surface area contributed by atoms with E-state index in [1.54, 1.807) is 18.3 Å². The van der Waals surface area contributed by atoms with Crippen LogP contribution in [0.5, 0.6) is 0 Å². The molecule has 0 aliphatic rings. The van der Waals surface area contributed by atoms with Crippen molar-refractivity contribution in [2.24, 2.45) is 5.10 Å². The van der Waals surface area contributed by atoms with Gasteiger partial charge in [-0.25, -0.2) is 5.43 Å². The minimum absolute atomic E-state index is 0.258. The van der Waals surface area contributed by atoms with Gasteiger partial charge in [-0.3, -0.25) is 4.79 Å². The number of aromatic nitrogens is 1. The van der Waals surface area contributed by atoms with Gasteiger partial charge in [-0.2, -0.15) is 5.10 Å². The van der Waals surface area contributed by atoms with Crippen LogP contribution >= 0.6 is 15.9 Å². The van der Waals surface area contributed by atoms with Crippen LogP contribution in [-0.4, -0.2) is 16.6 Å². The summed E-state index contributed by atoms with van der Waals surface area (Å²) in [5, 5.41) is 4.08. The molecule has 1 aromatic heterocycles. The molecule has 0 aliphatic carbocycles. The minimum Gasteiger partial charge on any atom is -0.357 e. The number of amides is 1. The zero-order valence-corrected chi connectivity index (χ0v) is 11.4. The fourth-order valence-electron chi connectivity index (χ4n) is 1.48. The third kappa shape index (κ3) is 2.87. The molecule has 1 heterocycles. The smallest absolute Gasteiger partial charge is 0.287 e. The van der Waals surface area contributed by atoms with E-state index in [1.165, 1.54) is 0 Å². The van der Waals surface area contributed by atoms with Gasteiger partial charge in [-0.05, 0) is 25.1 Å². The summed E-state index contributed by atoms with van der Waals surface area (Å²) in [6.07, 6.45) is 1.69. The van der Waals surface area contributed by atoms with Crippen molar-refractivity contribution >= 4 is 27.5 Å². The highest BCUT2D eigenvalue weighted by atomic mass is 79.9. The molecule has 0 saturated heterocycles. The van der Waals surface area contributed by atoms with E-state index in [2.05, 4.69) is 31.4 Å². The maximum Gasteiger partial charge on any atom is 0.287 e. The molecule has 0 unspecified atom stereocenters. The van der Waals surface area contributed by atoms with Gasteiger partial charge >= 0.3 is 0 Å². The number of hydrogen-bond acceptors (Lipinski definition) is 2. The van der Waals surface area contributed by atoms with Crippen LogP contribution in [0.2, 0.25) is 0 Å². The van der Waals surface area contributed by atoms with Crippen molar-refractivity contribution < 1.29 is 4.79 Å². The van der Waals surface area contributed by atoms with Crippen LogP contribution in [0.3, 0.4) is 0 Å². The van der Waals surface area contributed by atoms with E-state index in [4.69, 9.17) is 0 Å². The molecule has 0 aliphatic heterocycles. The molecule has 1 amide bonds. The Balaban J connectivity index is 2.11. The Labute approximate surface area is 113 Å². The van der Waals surface area contributed by atoms with Crippen molar-refractivity contribution in [1.29, 1.82) is 0 Å². The van der Waals surface area contributed by atoms with Gasteiger partial charge in [0.15, 0.2) is 0 Å². The number of rotatable bonds is 3. The lowest BCUT2D eigenvalue weighted by atomic mass is 10.1. The summed E-state index contributed by atoms with van der Waals surface area (Å²) in [5.74, 6) is -0.258. The van der Waals surface area contributed by atoms with Crippen LogP contribution in [0, 0.1) is 0 Å². The second kappa shape index (κ2) is 5.64. The zero-order chi connectivity index (χ0) is 13.0. The van der Waals surface area contributed by atoms with Crippen LogP contribution in [0.1, 0.15) is 23.0 Å². The number of carbonyl (C=O) groups excluding carboxylic acids is 1. The summed E-state index contributed by atoms with van der Waals surface area (Å²) in [4.78, 5) is 14.5. The number of carbonyl (C=O) groups is 1. The number of aromatic amines is 1. The largest absolute Gasteiger partial charge is 0.357 e. The van der Waals surface area contributed by atoms with Crippen LogP contribution in [-0.2, 0) is 0 Å². The number of hydrazone groups is 1. The van der Waals surface area contributed by atoms with E-state index in [-0.39, 0.29) is 5.91 Å².